The summed E-state index contributed by atoms with van der Waals surface area (Å²) in [6.45, 7) is 0.782. The van der Waals surface area contributed by atoms with Crippen LogP contribution in [0.2, 0.25) is 0 Å². The largest absolute Gasteiger partial charge is 0.364 e. The fourth-order valence-electron chi connectivity index (χ4n) is 1.90. The van der Waals surface area contributed by atoms with Crippen molar-refractivity contribution in [2.24, 2.45) is 0 Å². The van der Waals surface area contributed by atoms with Crippen molar-refractivity contribution in [1.82, 2.24) is 5.32 Å². The minimum absolute atomic E-state index is 0.0504. The molecule has 14 heavy (non-hydrogen) atoms. The summed E-state index contributed by atoms with van der Waals surface area (Å²) in [5, 5.41) is 2.99. The van der Waals surface area contributed by atoms with Crippen molar-refractivity contribution in [3.63, 3.8) is 0 Å². The van der Waals surface area contributed by atoms with Gasteiger partial charge in [-0.25, -0.2) is 8.42 Å². The summed E-state index contributed by atoms with van der Waals surface area (Å²) in [7, 11) is -1.59. The van der Waals surface area contributed by atoms with Gasteiger partial charge in [0.25, 0.3) is 0 Å². The van der Waals surface area contributed by atoms with Crippen molar-refractivity contribution in [1.29, 1.82) is 0 Å². The van der Waals surface area contributed by atoms with Gasteiger partial charge < -0.3 is 10.1 Å². The molecule has 2 rings (SSSR count). The van der Waals surface area contributed by atoms with E-state index in [1.807, 2.05) is 0 Å². The standard InChI is InChI=1S/C9H16NO3S/c1-13-9(8-3-2-6-10-8)14(11,12)7-4-5-7/h2,7-10H,3-6H2,1H3/t8-,9+/m1/s1. The molecule has 0 aromatic rings. The molecule has 4 nitrogen and oxygen atoms in total. The number of hydrogen-bond donors (Lipinski definition) is 1. The zero-order chi connectivity index (χ0) is 10.2. The van der Waals surface area contributed by atoms with Gasteiger partial charge >= 0.3 is 0 Å². The van der Waals surface area contributed by atoms with Gasteiger partial charge in [-0.15, -0.1) is 0 Å². The lowest BCUT2D eigenvalue weighted by Gasteiger charge is -2.22. The van der Waals surface area contributed by atoms with Crippen LogP contribution in [0.4, 0.5) is 0 Å². The fourth-order valence-corrected chi connectivity index (χ4v) is 4.01. The van der Waals surface area contributed by atoms with E-state index in [-0.39, 0.29) is 11.3 Å². The van der Waals surface area contributed by atoms with Gasteiger partial charge in [-0.3, -0.25) is 0 Å². The molecule has 1 N–H and O–H groups in total. The summed E-state index contributed by atoms with van der Waals surface area (Å²) in [5.41, 5.74) is -0.659. The first-order valence-corrected chi connectivity index (χ1v) is 6.57. The first kappa shape index (κ1) is 10.4. The number of ether oxygens (including phenoxy) is 1. The second kappa shape index (κ2) is 3.79. The Morgan fingerprint density at radius 1 is 1.50 bits per heavy atom. The molecule has 1 saturated heterocycles. The summed E-state index contributed by atoms with van der Waals surface area (Å²) in [5.74, 6) is 0. The molecule has 0 aromatic carbocycles. The van der Waals surface area contributed by atoms with Crippen LogP contribution >= 0.6 is 0 Å². The Hall–Kier alpha value is -0.130. The molecule has 0 amide bonds. The van der Waals surface area contributed by atoms with Gasteiger partial charge in [-0.2, -0.15) is 0 Å². The third-order valence-corrected chi connectivity index (χ3v) is 5.39. The predicted molar refractivity (Wildman–Crippen MR) is 53.4 cm³/mol. The maximum Gasteiger partial charge on any atom is 0.181 e. The molecule has 0 spiro atoms. The molecule has 5 heteroatoms. The van der Waals surface area contributed by atoms with Gasteiger partial charge in [0.1, 0.15) is 0 Å². The summed E-state index contributed by atoms with van der Waals surface area (Å²) in [4.78, 5) is 0. The van der Waals surface area contributed by atoms with Crippen molar-refractivity contribution in [3.05, 3.63) is 6.42 Å². The average Bonchev–Trinajstić information content (AvgIpc) is 2.88. The molecule has 2 fully saturated rings. The molecular weight excluding hydrogens is 202 g/mol. The first-order valence-electron chi connectivity index (χ1n) is 4.97. The highest BCUT2D eigenvalue weighted by atomic mass is 32.2. The van der Waals surface area contributed by atoms with Gasteiger partial charge in [0.15, 0.2) is 15.3 Å². The Morgan fingerprint density at radius 3 is 2.64 bits per heavy atom. The zero-order valence-corrected chi connectivity index (χ0v) is 9.09. The topological polar surface area (TPSA) is 55.4 Å². The Morgan fingerprint density at radius 2 is 2.21 bits per heavy atom. The summed E-state index contributed by atoms with van der Waals surface area (Å²) in [6.07, 6.45) is 4.45. The maximum atomic E-state index is 11.9. The van der Waals surface area contributed by atoms with Crippen molar-refractivity contribution in [2.75, 3.05) is 13.7 Å². The lowest BCUT2D eigenvalue weighted by Crippen LogP contribution is -2.43. The van der Waals surface area contributed by atoms with E-state index in [1.54, 1.807) is 0 Å². The minimum Gasteiger partial charge on any atom is -0.364 e. The van der Waals surface area contributed by atoms with E-state index in [0.717, 1.165) is 25.8 Å². The maximum absolute atomic E-state index is 11.9. The van der Waals surface area contributed by atoms with E-state index < -0.39 is 15.3 Å². The van der Waals surface area contributed by atoms with Gasteiger partial charge in [0, 0.05) is 13.2 Å². The number of sulfone groups is 1. The van der Waals surface area contributed by atoms with Crippen LogP contribution in [0, 0.1) is 6.42 Å². The highest BCUT2D eigenvalue weighted by Gasteiger charge is 2.45. The van der Waals surface area contributed by atoms with E-state index in [0.29, 0.717) is 0 Å². The molecule has 1 aliphatic carbocycles. The summed E-state index contributed by atoms with van der Waals surface area (Å²) in [6, 6.07) is -0.0504. The molecule has 0 aromatic heterocycles. The van der Waals surface area contributed by atoms with E-state index >= 15 is 0 Å². The number of nitrogens with one attached hydrogen (secondary N) is 1. The molecule has 2 atom stereocenters. The molecule has 81 valence electrons. The Bertz CT molecular complexity index is 291. The van der Waals surface area contributed by atoms with Crippen LogP contribution in [0.3, 0.4) is 0 Å². The molecule has 0 unspecified atom stereocenters. The predicted octanol–water partition coefficient (Wildman–Crippen LogP) is 0.102. The van der Waals surface area contributed by atoms with Crippen LogP contribution in [0.15, 0.2) is 0 Å². The fraction of sp³-hybridized carbons (Fsp3) is 0.889. The van der Waals surface area contributed by atoms with E-state index in [2.05, 4.69) is 11.7 Å². The smallest absolute Gasteiger partial charge is 0.181 e. The van der Waals surface area contributed by atoms with Crippen LogP contribution in [-0.2, 0) is 14.6 Å². The van der Waals surface area contributed by atoms with Crippen LogP contribution in [0.25, 0.3) is 0 Å². The summed E-state index contributed by atoms with van der Waals surface area (Å²) < 4.78 is 29.0. The molecule has 0 bridgehead atoms. The average molecular weight is 218 g/mol. The molecule has 1 saturated carbocycles. The van der Waals surface area contributed by atoms with Crippen LogP contribution in [-0.4, -0.2) is 38.8 Å². The van der Waals surface area contributed by atoms with Crippen molar-refractivity contribution in [2.45, 2.75) is 36.0 Å². The quantitative estimate of drug-likeness (QED) is 0.727. The second-order valence-corrected chi connectivity index (χ2v) is 6.24. The Balaban J connectivity index is 2.11. The molecule has 1 heterocycles. The lowest BCUT2D eigenvalue weighted by atomic mass is 10.2. The van der Waals surface area contributed by atoms with Crippen molar-refractivity contribution >= 4 is 9.84 Å². The molecule has 1 aliphatic heterocycles. The Kier molecular flexibility index (Phi) is 2.81. The van der Waals surface area contributed by atoms with Gasteiger partial charge in [-0.05, 0) is 32.2 Å². The van der Waals surface area contributed by atoms with Gasteiger partial charge in [0.05, 0.1) is 5.25 Å². The normalized spacial score (nSPS) is 30.5. The van der Waals surface area contributed by atoms with Crippen molar-refractivity contribution in [3.8, 4) is 0 Å². The third kappa shape index (κ3) is 1.81. The van der Waals surface area contributed by atoms with Crippen LogP contribution in [0.5, 0.6) is 0 Å². The number of methoxy groups -OCH3 is 1. The summed E-state index contributed by atoms with van der Waals surface area (Å²) >= 11 is 0. The van der Waals surface area contributed by atoms with Gasteiger partial charge in [-0.1, -0.05) is 0 Å². The van der Waals surface area contributed by atoms with Crippen molar-refractivity contribution < 1.29 is 13.2 Å². The molecule has 2 aliphatic rings. The van der Waals surface area contributed by atoms with E-state index in [9.17, 15) is 8.42 Å². The minimum atomic E-state index is -3.07. The highest BCUT2D eigenvalue weighted by Crippen LogP contribution is 2.33. The zero-order valence-electron chi connectivity index (χ0n) is 8.27. The number of hydrogen-bond acceptors (Lipinski definition) is 4. The SMILES string of the molecule is CO[C@H]([C@H]1C[CH]CN1)S(=O)(=O)C1CC1. The Labute approximate surface area is 84.9 Å². The van der Waals surface area contributed by atoms with E-state index in [4.69, 9.17) is 4.74 Å². The third-order valence-electron chi connectivity index (χ3n) is 2.82. The van der Waals surface area contributed by atoms with Crippen LogP contribution in [0.1, 0.15) is 19.3 Å². The first-order chi connectivity index (χ1) is 6.66. The molecular formula is C9H16NO3S. The molecule has 1 radical (unpaired) electrons. The highest BCUT2D eigenvalue weighted by molar-refractivity contribution is 7.92. The van der Waals surface area contributed by atoms with E-state index in [1.165, 1.54) is 7.11 Å². The second-order valence-electron chi connectivity index (χ2n) is 3.93. The lowest BCUT2D eigenvalue weighted by molar-refractivity contribution is 0.135. The van der Waals surface area contributed by atoms with Gasteiger partial charge in [0.2, 0.25) is 0 Å². The van der Waals surface area contributed by atoms with Crippen LogP contribution < -0.4 is 5.32 Å². The number of rotatable bonds is 4. The monoisotopic (exact) mass is 218 g/mol.